The van der Waals surface area contributed by atoms with Crippen molar-refractivity contribution in [3.05, 3.63) is 28.2 Å². The highest BCUT2D eigenvalue weighted by Gasteiger charge is 2.33. The minimum absolute atomic E-state index is 0.0866. The Morgan fingerprint density at radius 3 is 2.72 bits per heavy atom. The average molecular weight is 284 g/mol. The normalized spacial score (nSPS) is 17.1. The van der Waals surface area contributed by atoms with Crippen LogP contribution in [-0.2, 0) is 0 Å². The van der Waals surface area contributed by atoms with Gasteiger partial charge in [-0.1, -0.05) is 23.2 Å². The van der Waals surface area contributed by atoms with Crippen molar-refractivity contribution in [3.63, 3.8) is 0 Å². The molecule has 1 aliphatic carbocycles. The quantitative estimate of drug-likeness (QED) is 0.659. The fourth-order valence-corrected chi connectivity index (χ4v) is 1.78. The van der Waals surface area contributed by atoms with Gasteiger partial charge in [0.25, 0.3) is 0 Å². The van der Waals surface area contributed by atoms with Crippen molar-refractivity contribution in [2.24, 2.45) is 11.0 Å². The number of hydrogen-bond acceptors (Lipinski definition) is 4. The lowest BCUT2D eigenvalue weighted by Crippen LogP contribution is -2.22. The van der Waals surface area contributed by atoms with E-state index in [1.165, 1.54) is 0 Å². The molecule has 2 rings (SSSR count). The number of halogens is 2. The Morgan fingerprint density at radius 1 is 1.44 bits per heavy atom. The number of hydrogen-bond donors (Lipinski definition) is 2. The first-order valence-electron chi connectivity index (χ1n) is 5.48. The standard InChI is InChI=1S/C12H11Cl2N3O/c13-9-4-3-8(5-10(9)14)16-17-11(6-15)12(18)7-1-2-7/h3-5,7,12,16,18H,1-2H2/b17-11+. The van der Waals surface area contributed by atoms with Crippen molar-refractivity contribution in [3.8, 4) is 6.07 Å². The van der Waals surface area contributed by atoms with Crippen LogP contribution in [0.1, 0.15) is 12.8 Å². The van der Waals surface area contributed by atoms with Crippen LogP contribution in [0.5, 0.6) is 0 Å². The zero-order valence-electron chi connectivity index (χ0n) is 9.40. The summed E-state index contributed by atoms with van der Waals surface area (Å²) in [5.41, 5.74) is 3.39. The lowest BCUT2D eigenvalue weighted by molar-refractivity contribution is 0.219. The van der Waals surface area contributed by atoms with Crippen molar-refractivity contribution in [1.29, 1.82) is 5.26 Å². The highest BCUT2D eigenvalue weighted by Crippen LogP contribution is 2.33. The Morgan fingerprint density at radius 2 is 2.17 bits per heavy atom. The van der Waals surface area contributed by atoms with Gasteiger partial charge in [-0.2, -0.15) is 10.4 Å². The van der Waals surface area contributed by atoms with Gasteiger partial charge in [-0.25, -0.2) is 0 Å². The summed E-state index contributed by atoms with van der Waals surface area (Å²) in [4.78, 5) is 0. The van der Waals surface area contributed by atoms with E-state index >= 15 is 0 Å². The van der Waals surface area contributed by atoms with Crippen LogP contribution in [0, 0.1) is 17.2 Å². The third-order valence-corrected chi connectivity index (χ3v) is 3.43. The number of aliphatic hydroxyl groups is 1. The van der Waals surface area contributed by atoms with E-state index in [9.17, 15) is 5.11 Å². The Kier molecular flexibility index (Phi) is 4.07. The molecule has 94 valence electrons. The molecule has 0 amide bonds. The number of benzene rings is 1. The Bertz CT molecular complexity index is 521. The summed E-state index contributed by atoms with van der Waals surface area (Å²) in [6.45, 7) is 0. The number of nitrogens with zero attached hydrogens (tertiary/aromatic N) is 2. The van der Waals surface area contributed by atoms with E-state index in [1.54, 1.807) is 18.2 Å². The van der Waals surface area contributed by atoms with E-state index in [1.807, 2.05) is 6.07 Å². The smallest absolute Gasteiger partial charge is 0.166 e. The largest absolute Gasteiger partial charge is 0.386 e. The summed E-state index contributed by atoms with van der Waals surface area (Å²) in [7, 11) is 0. The Hall–Kier alpha value is -1.28. The number of nitriles is 1. The van der Waals surface area contributed by atoms with Crippen molar-refractivity contribution in [2.45, 2.75) is 18.9 Å². The molecule has 1 unspecified atom stereocenters. The van der Waals surface area contributed by atoms with E-state index in [4.69, 9.17) is 28.5 Å². The molecule has 0 aromatic heterocycles. The van der Waals surface area contributed by atoms with E-state index in [0.717, 1.165) is 12.8 Å². The molecule has 1 aromatic rings. The van der Waals surface area contributed by atoms with E-state index in [-0.39, 0.29) is 11.6 Å². The third-order valence-electron chi connectivity index (χ3n) is 2.69. The molecule has 0 aliphatic heterocycles. The molecule has 18 heavy (non-hydrogen) atoms. The van der Waals surface area contributed by atoms with Crippen LogP contribution >= 0.6 is 23.2 Å². The molecular formula is C12H11Cl2N3O. The van der Waals surface area contributed by atoms with Crippen molar-refractivity contribution in [1.82, 2.24) is 0 Å². The van der Waals surface area contributed by atoms with Gasteiger partial charge in [0.05, 0.1) is 15.7 Å². The lowest BCUT2D eigenvalue weighted by Gasteiger charge is -2.07. The number of hydrazone groups is 1. The van der Waals surface area contributed by atoms with Crippen LogP contribution in [0.3, 0.4) is 0 Å². The second-order valence-electron chi connectivity index (χ2n) is 4.13. The maximum Gasteiger partial charge on any atom is 0.166 e. The molecule has 0 spiro atoms. The molecule has 1 fully saturated rings. The van der Waals surface area contributed by atoms with Gasteiger partial charge < -0.3 is 5.11 Å². The lowest BCUT2D eigenvalue weighted by atomic mass is 10.1. The molecule has 0 bridgehead atoms. The SMILES string of the molecule is N#C/C(=N\Nc1ccc(Cl)c(Cl)c1)C(O)C1CC1. The molecule has 1 atom stereocenters. The Balaban J connectivity index is 2.08. The van der Waals surface area contributed by atoms with E-state index < -0.39 is 6.10 Å². The van der Waals surface area contributed by atoms with Crippen LogP contribution in [0.2, 0.25) is 10.0 Å². The zero-order valence-corrected chi connectivity index (χ0v) is 10.9. The summed E-state index contributed by atoms with van der Waals surface area (Å²) in [6.07, 6.45) is 1.09. The highest BCUT2D eigenvalue weighted by atomic mass is 35.5. The summed E-state index contributed by atoms with van der Waals surface area (Å²) in [5.74, 6) is 0.166. The topological polar surface area (TPSA) is 68.4 Å². The fourth-order valence-electron chi connectivity index (χ4n) is 1.48. The van der Waals surface area contributed by atoms with Gasteiger partial charge in [0.15, 0.2) is 5.71 Å². The first-order chi connectivity index (χ1) is 8.61. The number of anilines is 1. The van der Waals surface area contributed by atoms with E-state index in [2.05, 4.69) is 10.5 Å². The van der Waals surface area contributed by atoms with Gasteiger partial charge in [0.2, 0.25) is 0 Å². The molecule has 6 heteroatoms. The second kappa shape index (κ2) is 5.57. The number of aliphatic hydroxyl groups excluding tert-OH is 1. The molecule has 2 N–H and O–H groups in total. The first kappa shape index (κ1) is 13.2. The van der Waals surface area contributed by atoms with Gasteiger partial charge >= 0.3 is 0 Å². The summed E-state index contributed by atoms with van der Waals surface area (Å²) in [5, 5.41) is 23.5. The number of rotatable bonds is 4. The minimum Gasteiger partial charge on any atom is -0.386 e. The van der Waals surface area contributed by atoms with E-state index in [0.29, 0.717) is 15.7 Å². The summed E-state index contributed by atoms with van der Waals surface area (Å²) in [6, 6.07) is 6.82. The van der Waals surface area contributed by atoms with Crippen LogP contribution in [-0.4, -0.2) is 16.9 Å². The molecule has 0 heterocycles. The average Bonchev–Trinajstić information content (AvgIpc) is 3.18. The zero-order chi connectivity index (χ0) is 13.1. The first-order valence-corrected chi connectivity index (χ1v) is 6.24. The fraction of sp³-hybridized carbons (Fsp3) is 0.333. The van der Waals surface area contributed by atoms with Gasteiger partial charge in [-0.15, -0.1) is 0 Å². The van der Waals surface area contributed by atoms with Crippen molar-refractivity contribution >= 4 is 34.6 Å². The maximum atomic E-state index is 9.78. The van der Waals surface area contributed by atoms with Crippen molar-refractivity contribution < 1.29 is 5.11 Å². The number of nitrogens with one attached hydrogen (secondary N) is 1. The van der Waals surface area contributed by atoms with Gasteiger partial charge in [0.1, 0.15) is 12.2 Å². The molecule has 1 saturated carbocycles. The Labute approximate surface area is 115 Å². The van der Waals surface area contributed by atoms with Crippen LogP contribution < -0.4 is 5.43 Å². The maximum absolute atomic E-state index is 9.78. The monoisotopic (exact) mass is 283 g/mol. The van der Waals surface area contributed by atoms with Crippen LogP contribution in [0.25, 0.3) is 0 Å². The molecule has 0 radical (unpaired) electrons. The second-order valence-corrected chi connectivity index (χ2v) is 4.95. The predicted molar refractivity (Wildman–Crippen MR) is 71.9 cm³/mol. The van der Waals surface area contributed by atoms with Gasteiger partial charge in [-0.05, 0) is 37.0 Å². The molecule has 4 nitrogen and oxygen atoms in total. The molecule has 0 saturated heterocycles. The third kappa shape index (κ3) is 3.14. The summed E-state index contributed by atoms with van der Waals surface area (Å²) < 4.78 is 0. The van der Waals surface area contributed by atoms with Crippen LogP contribution in [0.15, 0.2) is 23.3 Å². The molecular weight excluding hydrogens is 273 g/mol. The minimum atomic E-state index is -0.787. The molecule has 1 aromatic carbocycles. The summed E-state index contributed by atoms with van der Waals surface area (Å²) >= 11 is 11.6. The highest BCUT2D eigenvalue weighted by molar-refractivity contribution is 6.42. The van der Waals surface area contributed by atoms with Crippen molar-refractivity contribution in [2.75, 3.05) is 5.43 Å². The molecule has 1 aliphatic rings. The predicted octanol–water partition coefficient (Wildman–Crippen LogP) is 3.06. The van der Waals surface area contributed by atoms with Gasteiger partial charge in [-0.3, -0.25) is 5.43 Å². The van der Waals surface area contributed by atoms with Crippen LogP contribution in [0.4, 0.5) is 5.69 Å². The van der Waals surface area contributed by atoms with Gasteiger partial charge in [0, 0.05) is 0 Å².